The Morgan fingerprint density at radius 3 is 1.04 bits per heavy atom. The third-order valence-corrected chi connectivity index (χ3v) is 25.8. The Morgan fingerprint density at radius 2 is 0.638 bits per heavy atom. The van der Waals surface area contributed by atoms with Gasteiger partial charge in [-0.25, -0.2) is 9.56 Å². The molecular formula is C136H218N3S2+. The highest BCUT2D eigenvalue weighted by Gasteiger charge is 2.38. The molecule has 0 radical (unpaired) electrons. The van der Waals surface area contributed by atoms with Crippen LogP contribution in [0.2, 0.25) is 0 Å². The number of benzene rings is 1. The van der Waals surface area contributed by atoms with Gasteiger partial charge in [-0.2, -0.15) is 0 Å². The zero-order valence-corrected chi connectivity index (χ0v) is 104. The van der Waals surface area contributed by atoms with E-state index < -0.39 is 0 Å². The lowest BCUT2D eigenvalue weighted by molar-refractivity contribution is -0.441. The van der Waals surface area contributed by atoms with Crippen LogP contribution in [0.3, 0.4) is 0 Å². The molecule has 2 unspecified atom stereocenters. The summed E-state index contributed by atoms with van der Waals surface area (Å²) >= 11 is 3.62. The predicted molar refractivity (Wildman–Crippen MR) is 654 cm³/mol. The lowest BCUT2D eigenvalue weighted by atomic mass is 9.71. The largest absolute Gasteiger partial charge is 0.344 e. The van der Waals surface area contributed by atoms with E-state index in [1.54, 1.807) is 11.3 Å². The first kappa shape index (κ1) is 133. The Morgan fingerprint density at radius 1 is 0.312 bits per heavy atom. The Bertz CT molecular complexity index is 5230. The van der Waals surface area contributed by atoms with Gasteiger partial charge in [0, 0.05) is 40.3 Å². The third kappa shape index (κ3) is 60.7. The minimum absolute atomic E-state index is 0.199. The summed E-state index contributed by atoms with van der Waals surface area (Å²) in [6.07, 6.45) is 84.0. The molecule has 4 aromatic rings. The maximum Gasteiger partial charge on any atom is 0.184 e. The summed E-state index contributed by atoms with van der Waals surface area (Å²) in [5.74, 6) is 1.14. The van der Waals surface area contributed by atoms with Crippen molar-refractivity contribution >= 4 is 77.0 Å². The highest BCUT2D eigenvalue weighted by molar-refractivity contribution is 7.14. The number of hydrogen-bond donors (Lipinski definition) is 0. The van der Waals surface area contributed by atoms with Crippen molar-refractivity contribution in [3.63, 3.8) is 0 Å². The van der Waals surface area contributed by atoms with Gasteiger partial charge in [0.05, 0.1) is 22.4 Å². The van der Waals surface area contributed by atoms with Gasteiger partial charge in [0.15, 0.2) is 11.4 Å². The first-order chi connectivity index (χ1) is 63.2. The summed E-state index contributed by atoms with van der Waals surface area (Å²) in [5, 5.41) is 1.08. The van der Waals surface area contributed by atoms with E-state index in [9.17, 15) is 0 Å². The summed E-state index contributed by atoms with van der Waals surface area (Å²) in [5.41, 5.74) is 28.6. The van der Waals surface area contributed by atoms with Crippen molar-refractivity contribution in [2.75, 3.05) is 7.05 Å². The van der Waals surface area contributed by atoms with Gasteiger partial charge >= 0.3 is 0 Å². The standard InChI is InChI=1S/C24H36.C23H38.C21H33N.C20H34N.C20H30S.C18H27NS.C10H20/c1-17-19(3)22(14-16-24(8,9)10)20(4)18(2)21(17)13-11-12-15-23(5,6)7;1-18-19(12-10-11-14-21(2,3)4)16-23(8,9)17-20(18)13-15-22(5,6)7;1-16-17(2)19(13-15-21(6,7)8)22(9)18(16)12-10-11-14-20(3,4)5;1-15-16(2)18(12-14-20(6,7)8)21(9)17(15)11-10-13-19(3,4)5;1-15-16(2)18(12-14-20(6,7)8)21-17(15)11-9-10-13-19(3,4)5;1-14-15(10-8-9-12-17(2,3)4)20-16(19-14)11-13-18(5,6)7;1-9(2,3)7-8-10(4,5)6/h11-16H,1-10H3;10-13,15H,14,16-17H2,1-9H3;10-15H,1-9H3;10-16H,1-9H3;9-14H,1-8H3;8-13H,1-7H3;7-8H,1-6H3/q;;;+1;;;/b13-11+,15-12+,16-14+;11-10+,15-13+,19-12+;12-10+,14-11+,15-13+;13-10+,14-12+,17-11+;11-9+,13-10+,14-12+;10-8+,12-9+,13-11+;8-7+. The molecule has 1 aliphatic heterocycles. The van der Waals surface area contributed by atoms with Gasteiger partial charge in [-0.3, -0.25) is 0 Å². The summed E-state index contributed by atoms with van der Waals surface area (Å²) in [6.45, 7) is 125. The van der Waals surface area contributed by atoms with E-state index in [-0.39, 0.29) is 59.6 Å². The fourth-order valence-corrected chi connectivity index (χ4v) is 16.2. The third-order valence-electron chi connectivity index (χ3n) is 23.4. The average Bonchev–Trinajstić information content (AvgIpc) is 1.18. The van der Waals surface area contributed by atoms with Crippen LogP contribution in [-0.2, 0) is 7.05 Å². The molecule has 0 fully saturated rings. The van der Waals surface area contributed by atoms with E-state index in [0.717, 1.165) is 17.1 Å². The van der Waals surface area contributed by atoms with Crippen LogP contribution in [0.25, 0.3) is 48.6 Å². The van der Waals surface area contributed by atoms with Gasteiger partial charge in [-0.05, 0) is 279 Å². The predicted octanol–water partition coefficient (Wildman–Crippen LogP) is 43.8. The number of thiophene rings is 1. The van der Waals surface area contributed by atoms with E-state index in [1.807, 2.05) is 11.3 Å². The second-order valence-electron chi connectivity index (χ2n) is 56.5. The minimum Gasteiger partial charge on any atom is -0.344 e. The van der Waals surface area contributed by atoms with Crippen LogP contribution in [0, 0.1) is 155 Å². The molecule has 6 rings (SSSR count). The molecule has 0 N–H and O–H groups in total. The van der Waals surface area contributed by atoms with Gasteiger partial charge in [0.25, 0.3) is 0 Å². The fraction of sp³-hybridized carbons (Fsp3) is 0.574. The van der Waals surface area contributed by atoms with Crippen molar-refractivity contribution in [3.05, 3.63) is 285 Å². The van der Waals surface area contributed by atoms with E-state index in [4.69, 9.17) is 0 Å². The average molecular weight is 1960 g/mol. The molecule has 2 aliphatic rings. The van der Waals surface area contributed by atoms with Crippen molar-refractivity contribution in [2.24, 2.45) is 100 Å². The number of nitrogens with zero attached hydrogens (tertiary/aromatic N) is 3. The zero-order valence-electron chi connectivity index (χ0n) is 103. The van der Waals surface area contributed by atoms with Crippen LogP contribution in [0.5, 0.6) is 0 Å². The fourth-order valence-electron chi connectivity index (χ4n) is 14.2. The van der Waals surface area contributed by atoms with Crippen molar-refractivity contribution in [2.45, 2.75) is 407 Å². The molecule has 0 amide bonds. The number of rotatable bonds is 17. The molecule has 788 valence electrons. The molecule has 1 aromatic carbocycles. The summed E-state index contributed by atoms with van der Waals surface area (Å²) in [6, 6.07) is 0. The monoisotopic (exact) mass is 1960 g/mol. The molecule has 3 aromatic heterocycles. The molecule has 4 heterocycles. The molecule has 0 bridgehead atoms. The van der Waals surface area contributed by atoms with Crippen molar-refractivity contribution < 1.29 is 4.58 Å². The summed E-state index contributed by atoms with van der Waals surface area (Å²) in [7, 11) is 4.34. The number of hydrogen-bond acceptors (Lipinski definition) is 3. The quantitative estimate of drug-likeness (QED) is 0.0586. The highest BCUT2D eigenvalue weighted by Crippen LogP contribution is 2.44. The number of aromatic nitrogens is 2. The van der Waals surface area contributed by atoms with Crippen LogP contribution in [0.15, 0.2) is 193 Å². The van der Waals surface area contributed by atoms with Gasteiger partial charge in [-0.15, -0.1) is 22.7 Å². The van der Waals surface area contributed by atoms with Crippen molar-refractivity contribution in [3.8, 4) is 0 Å². The van der Waals surface area contributed by atoms with E-state index >= 15 is 0 Å². The second kappa shape index (κ2) is 55.7. The van der Waals surface area contributed by atoms with Gasteiger partial charge < -0.3 is 4.57 Å². The van der Waals surface area contributed by atoms with Crippen LogP contribution in [0.4, 0.5) is 0 Å². The van der Waals surface area contributed by atoms with Crippen molar-refractivity contribution in [1.82, 2.24) is 9.55 Å². The molecule has 2 atom stereocenters. The first-order valence-corrected chi connectivity index (χ1v) is 54.6. The topological polar surface area (TPSA) is 20.8 Å². The SMILES string of the molecule is CC(C)(C)/C=C/C(C)(C)C.CC1=C(/C=C/C(C)(C)C)CC(C)(C)C/C1=C\C=C\CC(C)(C)C.CC1C(/C=C/C(C)(C)C)=[N+](C)C(=C/C=C/C(C)(C)C)/C1C.Cc1c(/C=C/C=C/C(C)(C)C)sc(/C=C/C(C)(C)C)c1C.Cc1c(C)c(/C=C/C(C)(C)C)c(C)c(C)c1/C=C/C=C/C(C)(C)C.Cc1c(C)c(/C=C/C(C)(C)C)n(C)c1/C=C/C=C/C(C)(C)C.Cc1nc(/C=C/C(C)(C)C)sc1/C=C/C=C/C(C)(C)C. The van der Waals surface area contributed by atoms with Gasteiger partial charge in [0.2, 0.25) is 0 Å². The van der Waals surface area contributed by atoms with Crippen LogP contribution in [0.1, 0.15) is 437 Å². The normalized spacial score (nSPS) is 17.2. The molecule has 0 saturated carbocycles. The maximum atomic E-state index is 4.60. The zero-order chi connectivity index (χ0) is 110. The Balaban J connectivity index is 0.00000164. The molecular weight excluding hydrogens is 1740 g/mol. The minimum atomic E-state index is 0.199. The molecule has 5 heteroatoms. The molecule has 0 spiro atoms. The second-order valence-corrected chi connectivity index (χ2v) is 58.7. The summed E-state index contributed by atoms with van der Waals surface area (Å²) < 4.78 is 4.65. The lowest BCUT2D eigenvalue weighted by Gasteiger charge is -2.33. The van der Waals surface area contributed by atoms with Crippen LogP contribution < -0.4 is 0 Å². The first-order valence-electron chi connectivity index (χ1n) is 52.9. The van der Waals surface area contributed by atoms with Gasteiger partial charge in [0.1, 0.15) is 12.1 Å². The highest BCUT2D eigenvalue weighted by atomic mass is 32.1. The molecule has 141 heavy (non-hydrogen) atoms. The maximum absolute atomic E-state index is 4.60. The van der Waals surface area contributed by atoms with E-state index in [2.05, 4.69) is 635 Å². The smallest absolute Gasteiger partial charge is 0.184 e. The molecule has 3 nitrogen and oxygen atoms in total. The van der Waals surface area contributed by atoms with Gasteiger partial charge in [-0.1, -0.05) is 489 Å². The molecule has 0 saturated heterocycles. The Hall–Kier alpha value is -7.70. The Labute approximate surface area is 883 Å². The van der Waals surface area contributed by atoms with E-state index in [1.165, 1.54) is 123 Å². The lowest BCUT2D eigenvalue weighted by Crippen LogP contribution is -2.19. The van der Waals surface area contributed by atoms with Crippen LogP contribution >= 0.6 is 22.7 Å². The van der Waals surface area contributed by atoms with Crippen molar-refractivity contribution in [1.29, 1.82) is 0 Å². The number of thiazole rings is 1. The summed E-state index contributed by atoms with van der Waals surface area (Å²) in [4.78, 5) is 8.57. The van der Waals surface area contributed by atoms with Crippen LogP contribution in [-0.4, -0.2) is 26.9 Å². The number of aryl methyl sites for hydroxylation is 1. The number of allylic oxidation sites excluding steroid dienone is 32. The molecule has 1 aliphatic carbocycles. The Kier molecular flexibility index (Phi) is 52.7. The van der Waals surface area contributed by atoms with E-state index in [0.29, 0.717) is 33.5 Å².